The maximum Gasteiger partial charge on any atom is 0.157 e. The Labute approximate surface area is 96.1 Å². The molecule has 16 heavy (non-hydrogen) atoms. The molecule has 3 nitrogen and oxygen atoms in total. The summed E-state index contributed by atoms with van der Waals surface area (Å²) in [6.45, 7) is 5.20. The lowest BCUT2D eigenvalue weighted by Gasteiger charge is -2.15. The van der Waals surface area contributed by atoms with Crippen LogP contribution >= 0.6 is 0 Å². The van der Waals surface area contributed by atoms with Crippen LogP contribution < -0.4 is 5.32 Å². The van der Waals surface area contributed by atoms with E-state index in [4.69, 9.17) is 0 Å². The molecular weight excluding hydrogens is 202 g/mol. The van der Waals surface area contributed by atoms with Crippen LogP contribution in [-0.2, 0) is 6.42 Å². The lowest BCUT2D eigenvalue weighted by Crippen LogP contribution is -2.27. The fourth-order valence-corrected chi connectivity index (χ4v) is 2.31. The van der Waals surface area contributed by atoms with Crippen molar-refractivity contribution in [1.82, 2.24) is 5.32 Å². The van der Waals surface area contributed by atoms with E-state index in [0.29, 0.717) is 12.0 Å². The number of rotatable bonds is 3. The first-order valence-corrected chi connectivity index (χ1v) is 5.86. The van der Waals surface area contributed by atoms with Gasteiger partial charge in [-0.05, 0) is 42.0 Å². The van der Waals surface area contributed by atoms with Crippen molar-refractivity contribution in [2.75, 3.05) is 6.54 Å². The maximum atomic E-state index is 9.51. The van der Waals surface area contributed by atoms with Crippen LogP contribution in [-0.4, -0.2) is 22.8 Å². The third-order valence-corrected chi connectivity index (χ3v) is 3.21. The van der Waals surface area contributed by atoms with Gasteiger partial charge in [0.15, 0.2) is 11.5 Å². The first-order chi connectivity index (χ1) is 7.58. The van der Waals surface area contributed by atoms with Gasteiger partial charge in [0.05, 0.1) is 0 Å². The summed E-state index contributed by atoms with van der Waals surface area (Å²) in [5.41, 5.74) is 2.36. The zero-order valence-corrected chi connectivity index (χ0v) is 9.83. The molecule has 1 aliphatic rings. The highest BCUT2D eigenvalue weighted by atomic mass is 16.3. The Balaban J connectivity index is 2.16. The molecule has 2 rings (SSSR count). The highest BCUT2D eigenvalue weighted by Crippen LogP contribution is 2.39. The Morgan fingerprint density at radius 3 is 2.69 bits per heavy atom. The summed E-state index contributed by atoms with van der Waals surface area (Å²) in [6.07, 6.45) is 2.09. The van der Waals surface area contributed by atoms with Gasteiger partial charge in [-0.3, -0.25) is 0 Å². The van der Waals surface area contributed by atoms with Crippen molar-refractivity contribution in [1.29, 1.82) is 0 Å². The lowest BCUT2D eigenvalue weighted by molar-refractivity contribution is 0.402. The average molecular weight is 221 g/mol. The minimum Gasteiger partial charge on any atom is -0.504 e. The standard InChI is InChI=1S/C13H19NO2/c1-8(2)14-7-10-4-3-9-5-12(15)13(16)6-11(9)10/h5-6,8,10,14-16H,3-4,7H2,1-2H3/t10-/m1/s1. The molecule has 3 heteroatoms. The fraction of sp³-hybridized carbons (Fsp3) is 0.538. The largest absolute Gasteiger partial charge is 0.504 e. The normalized spacial score (nSPS) is 19.1. The number of hydrogen-bond acceptors (Lipinski definition) is 3. The van der Waals surface area contributed by atoms with E-state index in [1.54, 1.807) is 12.1 Å². The minimum atomic E-state index is -0.00445. The number of aryl methyl sites for hydroxylation is 1. The van der Waals surface area contributed by atoms with E-state index in [-0.39, 0.29) is 11.5 Å². The van der Waals surface area contributed by atoms with Crippen LogP contribution in [0.4, 0.5) is 0 Å². The molecule has 0 radical (unpaired) electrons. The third-order valence-electron chi connectivity index (χ3n) is 3.21. The van der Waals surface area contributed by atoms with E-state index in [1.165, 1.54) is 11.1 Å². The molecule has 0 amide bonds. The first-order valence-electron chi connectivity index (χ1n) is 5.86. The van der Waals surface area contributed by atoms with Gasteiger partial charge in [-0.25, -0.2) is 0 Å². The summed E-state index contributed by atoms with van der Waals surface area (Å²) in [4.78, 5) is 0. The number of phenolic OH excluding ortho intramolecular Hbond substituents is 2. The van der Waals surface area contributed by atoms with Crippen molar-refractivity contribution in [2.24, 2.45) is 0 Å². The molecule has 1 aromatic rings. The van der Waals surface area contributed by atoms with E-state index in [2.05, 4.69) is 19.2 Å². The van der Waals surface area contributed by atoms with Gasteiger partial charge in [0.25, 0.3) is 0 Å². The second-order valence-corrected chi connectivity index (χ2v) is 4.84. The van der Waals surface area contributed by atoms with Gasteiger partial charge in [-0.2, -0.15) is 0 Å². The summed E-state index contributed by atoms with van der Waals surface area (Å²) in [6, 6.07) is 3.89. The molecule has 0 bridgehead atoms. The zero-order chi connectivity index (χ0) is 11.7. The van der Waals surface area contributed by atoms with Crippen LogP contribution in [0.3, 0.4) is 0 Å². The van der Waals surface area contributed by atoms with Crippen molar-refractivity contribution in [3.05, 3.63) is 23.3 Å². The monoisotopic (exact) mass is 221 g/mol. The van der Waals surface area contributed by atoms with Crippen molar-refractivity contribution >= 4 is 0 Å². The predicted molar refractivity (Wildman–Crippen MR) is 64.0 cm³/mol. The molecule has 0 spiro atoms. The molecule has 3 N–H and O–H groups in total. The van der Waals surface area contributed by atoms with Crippen LogP contribution in [0.1, 0.15) is 37.3 Å². The number of fused-ring (bicyclic) bond motifs is 1. The first kappa shape index (κ1) is 11.3. The van der Waals surface area contributed by atoms with Gasteiger partial charge in [0, 0.05) is 12.6 Å². The molecule has 0 saturated heterocycles. The second-order valence-electron chi connectivity index (χ2n) is 4.84. The van der Waals surface area contributed by atoms with E-state index in [0.717, 1.165) is 19.4 Å². The van der Waals surface area contributed by atoms with Crippen LogP contribution in [0.5, 0.6) is 11.5 Å². The maximum absolute atomic E-state index is 9.51. The predicted octanol–water partition coefficient (Wildman–Crippen LogP) is 2.13. The molecule has 0 heterocycles. The Morgan fingerprint density at radius 1 is 1.31 bits per heavy atom. The van der Waals surface area contributed by atoms with E-state index >= 15 is 0 Å². The lowest BCUT2D eigenvalue weighted by atomic mass is 10.0. The topological polar surface area (TPSA) is 52.5 Å². The Morgan fingerprint density at radius 2 is 2.00 bits per heavy atom. The summed E-state index contributed by atoms with van der Waals surface area (Å²) < 4.78 is 0. The highest BCUT2D eigenvalue weighted by molar-refractivity contribution is 5.49. The summed E-state index contributed by atoms with van der Waals surface area (Å²) >= 11 is 0. The summed E-state index contributed by atoms with van der Waals surface area (Å²) in [7, 11) is 0. The van der Waals surface area contributed by atoms with Gasteiger partial charge in [-0.1, -0.05) is 13.8 Å². The number of phenols is 2. The van der Waals surface area contributed by atoms with Crippen molar-refractivity contribution < 1.29 is 10.2 Å². The number of hydrogen-bond donors (Lipinski definition) is 3. The average Bonchev–Trinajstić information content (AvgIpc) is 2.58. The third kappa shape index (κ3) is 2.14. The summed E-state index contributed by atoms with van der Waals surface area (Å²) in [5.74, 6) is 0.454. The second kappa shape index (κ2) is 4.34. The van der Waals surface area contributed by atoms with Crippen LogP contribution in [0.2, 0.25) is 0 Å². The van der Waals surface area contributed by atoms with Crippen LogP contribution in [0.15, 0.2) is 12.1 Å². The molecule has 1 aliphatic carbocycles. The van der Waals surface area contributed by atoms with Crippen molar-refractivity contribution in [3.8, 4) is 11.5 Å². The van der Waals surface area contributed by atoms with Gasteiger partial charge >= 0.3 is 0 Å². The van der Waals surface area contributed by atoms with Crippen LogP contribution in [0, 0.1) is 0 Å². The Kier molecular flexibility index (Phi) is 3.06. The van der Waals surface area contributed by atoms with Gasteiger partial charge in [0.2, 0.25) is 0 Å². The van der Waals surface area contributed by atoms with Gasteiger partial charge in [0.1, 0.15) is 0 Å². The van der Waals surface area contributed by atoms with E-state index in [1.807, 2.05) is 0 Å². The van der Waals surface area contributed by atoms with Crippen molar-refractivity contribution in [3.63, 3.8) is 0 Å². The molecule has 1 aromatic carbocycles. The number of nitrogens with one attached hydrogen (secondary N) is 1. The van der Waals surface area contributed by atoms with E-state index in [9.17, 15) is 10.2 Å². The molecule has 1 atom stereocenters. The molecule has 0 fully saturated rings. The van der Waals surface area contributed by atoms with Crippen LogP contribution in [0.25, 0.3) is 0 Å². The Hall–Kier alpha value is -1.22. The SMILES string of the molecule is CC(C)NC[C@H]1CCc2cc(O)c(O)cc21. The van der Waals surface area contributed by atoms with Gasteiger partial charge < -0.3 is 15.5 Å². The van der Waals surface area contributed by atoms with E-state index < -0.39 is 0 Å². The number of aromatic hydroxyl groups is 2. The molecule has 0 saturated carbocycles. The zero-order valence-electron chi connectivity index (χ0n) is 9.83. The molecule has 88 valence electrons. The smallest absolute Gasteiger partial charge is 0.157 e. The highest BCUT2D eigenvalue weighted by Gasteiger charge is 2.24. The minimum absolute atomic E-state index is 0.00350. The van der Waals surface area contributed by atoms with Crippen molar-refractivity contribution in [2.45, 2.75) is 38.6 Å². The quantitative estimate of drug-likeness (QED) is 0.685. The number of benzene rings is 1. The molecular formula is C13H19NO2. The summed E-state index contributed by atoms with van der Waals surface area (Å²) in [5, 5.41) is 22.3. The van der Waals surface area contributed by atoms with Gasteiger partial charge in [-0.15, -0.1) is 0 Å². The molecule has 0 unspecified atom stereocenters. The molecule has 0 aliphatic heterocycles. The Bertz CT molecular complexity index is 388. The fourth-order valence-electron chi connectivity index (χ4n) is 2.31. The molecule has 0 aromatic heterocycles.